The average molecular weight is 344 g/mol. The monoisotopic (exact) mass is 342 g/mol. The molecule has 100 valence electrons. The van der Waals surface area contributed by atoms with Crippen molar-refractivity contribution in [3.05, 3.63) is 45.1 Å². The fourth-order valence-corrected chi connectivity index (χ4v) is 2.35. The second-order valence-electron chi connectivity index (χ2n) is 3.83. The van der Waals surface area contributed by atoms with Gasteiger partial charge in [-0.1, -0.05) is 27.5 Å². The van der Waals surface area contributed by atoms with E-state index >= 15 is 0 Å². The lowest BCUT2D eigenvalue weighted by Gasteiger charge is -2.08. The van der Waals surface area contributed by atoms with Crippen molar-refractivity contribution in [2.24, 2.45) is 0 Å². The van der Waals surface area contributed by atoms with Gasteiger partial charge in [-0.3, -0.25) is 9.48 Å². The Morgan fingerprint density at radius 2 is 2.26 bits per heavy atom. The number of carbonyl (C=O) groups is 1. The van der Waals surface area contributed by atoms with Gasteiger partial charge >= 0.3 is 0 Å². The van der Waals surface area contributed by atoms with E-state index in [1.54, 1.807) is 22.9 Å². The summed E-state index contributed by atoms with van der Waals surface area (Å²) >= 11 is 9.42. The van der Waals surface area contributed by atoms with Crippen molar-refractivity contribution < 1.29 is 9.53 Å². The summed E-state index contributed by atoms with van der Waals surface area (Å²) in [6.45, 7) is 2.49. The van der Waals surface area contributed by atoms with Gasteiger partial charge in [0, 0.05) is 16.6 Å². The van der Waals surface area contributed by atoms with Crippen LogP contribution in [0.5, 0.6) is 5.75 Å². The number of nitrogens with zero attached hydrogens (tertiary/aromatic N) is 2. The number of aromatic nitrogens is 2. The van der Waals surface area contributed by atoms with Crippen LogP contribution in [0, 0.1) is 0 Å². The van der Waals surface area contributed by atoms with E-state index in [-0.39, 0.29) is 5.78 Å². The summed E-state index contributed by atoms with van der Waals surface area (Å²) in [6, 6.07) is 5.16. The van der Waals surface area contributed by atoms with Gasteiger partial charge in [0.1, 0.15) is 0 Å². The van der Waals surface area contributed by atoms with Gasteiger partial charge in [0.25, 0.3) is 0 Å². The first-order chi connectivity index (χ1) is 9.08. The Kier molecular flexibility index (Phi) is 4.27. The molecule has 0 spiro atoms. The number of halogens is 2. The Bertz CT molecular complexity index is 604. The molecule has 1 aromatic heterocycles. The second kappa shape index (κ2) is 5.75. The first kappa shape index (κ1) is 14.1. The van der Waals surface area contributed by atoms with Gasteiger partial charge in [-0.05, 0) is 25.1 Å². The number of ketones is 1. The van der Waals surface area contributed by atoms with Crippen molar-refractivity contribution in [1.82, 2.24) is 9.78 Å². The summed E-state index contributed by atoms with van der Waals surface area (Å²) in [5, 5.41) is 4.52. The van der Waals surface area contributed by atoms with Crippen LogP contribution in [0.4, 0.5) is 0 Å². The topological polar surface area (TPSA) is 44.1 Å². The van der Waals surface area contributed by atoms with E-state index in [1.165, 1.54) is 13.3 Å². The second-order valence-corrected chi connectivity index (χ2v) is 5.15. The van der Waals surface area contributed by atoms with Crippen molar-refractivity contribution >= 4 is 33.3 Å². The zero-order valence-corrected chi connectivity index (χ0v) is 12.8. The molecule has 0 N–H and O–H groups in total. The predicted octanol–water partition coefficient (Wildman–Crippen LogP) is 3.56. The van der Waals surface area contributed by atoms with Crippen molar-refractivity contribution in [1.29, 1.82) is 0 Å². The van der Waals surface area contributed by atoms with Crippen molar-refractivity contribution in [2.45, 2.75) is 13.5 Å². The molecule has 19 heavy (non-hydrogen) atoms. The Hall–Kier alpha value is -1.33. The molecule has 0 radical (unpaired) electrons. The van der Waals surface area contributed by atoms with E-state index in [0.717, 1.165) is 4.47 Å². The molecule has 0 aliphatic carbocycles. The fraction of sp³-hybridized carbons (Fsp3) is 0.231. The van der Waals surface area contributed by atoms with Crippen LogP contribution in [-0.4, -0.2) is 22.7 Å². The Morgan fingerprint density at radius 3 is 2.89 bits per heavy atom. The molecule has 0 fully saturated rings. The minimum atomic E-state index is -0.206. The number of benzene rings is 1. The maximum atomic E-state index is 12.6. The van der Waals surface area contributed by atoms with E-state index in [1.807, 2.05) is 6.92 Å². The fourth-order valence-electron chi connectivity index (χ4n) is 1.79. The van der Waals surface area contributed by atoms with Gasteiger partial charge in [-0.25, -0.2) is 0 Å². The van der Waals surface area contributed by atoms with Crippen LogP contribution in [0.15, 0.2) is 28.9 Å². The molecule has 1 aromatic carbocycles. The molecule has 0 aliphatic heterocycles. The highest BCUT2D eigenvalue weighted by Gasteiger charge is 2.22. The van der Waals surface area contributed by atoms with Gasteiger partial charge in [-0.15, -0.1) is 0 Å². The van der Waals surface area contributed by atoms with Crippen LogP contribution >= 0.6 is 27.5 Å². The van der Waals surface area contributed by atoms with E-state index in [2.05, 4.69) is 21.0 Å². The highest BCUT2D eigenvalue weighted by molar-refractivity contribution is 9.10. The maximum absolute atomic E-state index is 12.6. The Balaban J connectivity index is 2.55. The highest BCUT2D eigenvalue weighted by Crippen LogP contribution is 2.27. The highest BCUT2D eigenvalue weighted by atomic mass is 79.9. The molecule has 2 rings (SSSR count). The van der Waals surface area contributed by atoms with E-state index in [4.69, 9.17) is 16.3 Å². The van der Waals surface area contributed by atoms with Crippen LogP contribution in [0.25, 0.3) is 0 Å². The summed E-state index contributed by atoms with van der Waals surface area (Å²) in [4.78, 5) is 12.6. The lowest BCUT2D eigenvalue weighted by atomic mass is 10.1. The van der Waals surface area contributed by atoms with Gasteiger partial charge in [0.05, 0.1) is 18.3 Å². The first-order valence-electron chi connectivity index (χ1n) is 5.68. The van der Waals surface area contributed by atoms with E-state index < -0.39 is 0 Å². The van der Waals surface area contributed by atoms with Crippen molar-refractivity contribution in [2.75, 3.05) is 7.11 Å². The van der Waals surface area contributed by atoms with E-state index in [0.29, 0.717) is 28.6 Å². The molecule has 0 atom stereocenters. The number of hydrogen-bond acceptors (Lipinski definition) is 3. The third kappa shape index (κ3) is 2.67. The average Bonchev–Trinajstić information content (AvgIpc) is 2.83. The zero-order chi connectivity index (χ0) is 14.0. The standard InChI is InChI=1S/C13H12BrClN2O2/c1-3-17-12(11(19-2)7-16-17)13(18)9-6-8(14)4-5-10(9)15/h4-7H,3H2,1-2H3. The van der Waals surface area contributed by atoms with Gasteiger partial charge in [0.2, 0.25) is 5.78 Å². The lowest BCUT2D eigenvalue weighted by Crippen LogP contribution is -2.12. The summed E-state index contributed by atoms with van der Waals surface area (Å²) in [6.07, 6.45) is 1.53. The van der Waals surface area contributed by atoms with Crippen LogP contribution in [0.1, 0.15) is 23.0 Å². The third-order valence-electron chi connectivity index (χ3n) is 2.71. The molecule has 0 amide bonds. The molecule has 0 bridgehead atoms. The predicted molar refractivity (Wildman–Crippen MR) is 77.0 cm³/mol. The number of aryl methyl sites for hydroxylation is 1. The van der Waals surface area contributed by atoms with Crippen LogP contribution in [-0.2, 0) is 6.54 Å². The molecular formula is C13H12BrClN2O2. The Labute approximate surface area is 124 Å². The van der Waals surface area contributed by atoms with Crippen molar-refractivity contribution in [3.63, 3.8) is 0 Å². The molecule has 1 heterocycles. The smallest absolute Gasteiger partial charge is 0.216 e. The van der Waals surface area contributed by atoms with Crippen LogP contribution in [0.3, 0.4) is 0 Å². The third-order valence-corrected chi connectivity index (χ3v) is 3.54. The van der Waals surface area contributed by atoms with Gasteiger partial charge in [0.15, 0.2) is 11.4 Å². The molecule has 4 nitrogen and oxygen atoms in total. The van der Waals surface area contributed by atoms with Gasteiger partial charge < -0.3 is 4.74 Å². The van der Waals surface area contributed by atoms with Gasteiger partial charge in [-0.2, -0.15) is 5.10 Å². The molecule has 0 aliphatic rings. The molecule has 2 aromatic rings. The summed E-state index contributed by atoms with van der Waals surface area (Å²) < 4.78 is 7.57. The van der Waals surface area contributed by atoms with E-state index in [9.17, 15) is 4.79 Å². The number of methoxy groups -OCH3 is 1. The van der Waals surface area contributed by atoms with Crippen molar-refractivity contribution in [3.8, 4) is 5.75 Å². The normalized spacial score (nSPS) is 10.5. The lowest BCUT2D eigenvalue weighted by molar-refractivity contribution is 0.102. The largest absolute Gasteiger partial charge is 0.493 e. The number of hydrogen-bond donors (Lipinski definition) is 0. The quantitative estimate of drug-likeness (QED) is 0.797. The minimum Gasteiger partial charge on any atom is -0.493 e. The molecule has 0 saturated carbocycles. The first-order valence-corrected chi connectivity index (χ1v) is 6.85. The summed E-state index contributed by atoms with van der Waals surface area (Å²) in [5.74, 6) is 0.241. The van der Waals surface area contributed by atoms with Crippen LogP contribution in [0.2, 0.25) is 5.02 Å². The summed E-state index contributed by atoms with van der Waals surface area (Å²) in [7, 11) is 1.51. The number of rotatable bonds is 4. The molecule has 0 unspecified atom stereocenters. The number of carbonyl (C=O) groups excluding carboxylic acids is 1. The summed E-state index contributed by atoms with van der Waals surface area (Å²) in [5.41, 5.74) is 0.828. The SMILES string of the molecule is CCn1ncc(OC)c1C(=O)c1cc(Br)ccc1Cl. The van der Waals surface area contributed by atoms with Crippen LogP contribution < -0.4 is 4.74 Å². The minimum absolute atomic E-state index is 0.206. The number of ether oxygens (including phenoxy) is 1. The molecular weight excluding hydrogens is 332 g/mol. The Morgan fingerprint density at radius 1 is 1.53 bits per heavy atom. The maximum Gasteiger partial charge on any atom is 0.216 e. The zero-order valence-electron chi connectivity index (χ0n) is 10.5. The molecule has 0 saturated heterocycles. The molecule has 6 heteroatoms.